The molecule has 3 rings (SSSR count). The summed E-state index contributed by atoms with van der Waals surface area (Å²) in [6.07, 6.45) is 5.63. The minimum absolute atomic E-state index is 0.138. The lowest BCUT2D eigenvalue weighted by atomic mass is 9.94. The van der Waals surface area contributed by atoms with Gasteiger partial charge in [-0.2, -0.15) is 0 Å². The second-order valence-electron chi connectivity index (χ2n) is 6.27. The van der Waals surface area contributed by atoms with Gasteiger partial charge in [0.2, 0.25) is 0 Å². The lowest BCUT2D eigenvalue weighted by Gasteiger charge is -2.33. The van der Waals surface area contributed by atoms with E-state index in [4.69, 9.17) is 23.2 Å². The van der Waals surface area contributed by atoms with E-state index in [0.717, 1.165) is 37.4 Å². The number of rotatable bonds is 2. The molecule has 2 amide bonds. The first-order valence-electron chi connectivity index (χ1n) is 8.31. The van der Waals surface area contributed by atoms with Crippen molar-refractivity contribution < 1.29 is 4.79 Å². The second-order valence-corrected chi connectivity index (χ2v) is 8.49. The molecular weight excluding hydrogens is 365 g/mol. The topological polar surface area (TPSA) is 44.7 Å². The maximum Gasteiger partial charge on any atom is 0.328 e. The standard InChI is InChI=1S/C17H21Cl2N3OS/c1-11-10-20-17(24-11)22(13-5-3-2-4-6-13)16(23)21-12-7-8-14(18)15(19)9-12/h7-9,11,13H,2-6,10H2,1H3,(H,21,23)/t11-/m0/s1. The summed E-state index contributed by atoms with van der Waals surface area (Å²) in [4.78, 5) is 19.4. The number of urea groups is 1. The Morgan fingerprint density at radius 3 is 2.62 bits per heavy atom. The van der Waals surface area contributed by atoms with Gasteiger partial charge in [0.05, 0.1) is 16.6 Å². The molecule has 0 aromatic heterocycles. The van der Waals surface area contributed by atoms with Crippen molar-refractivity contribution in [2.24, 2.45) is 4.99 Å². The Morgan fingerprint density at radius 2 is 2.00 bits per heavy atom. The third-order valence-electron chi connectivity index (χ3n) is 4.33. The highest BCUT2D eigenvalue weighted by atomic mass is 35.5. The Morgan fingerprint density at radius 1 is 1.25 bits per heavy atom. The molecule has 4 nitrogen and oxygen atoms in total. The van der Waals surface area contributed by atoms with Gasteiger partial charge in [0.25, 0.3) is 0 Å². The molecular formula is C17H21Cl2N3OS. The minimum Gasteiger partial charge on any atom is -0.307 e. The number of carbonyl (C=O) groups excluding carboxylic acids is 1. The fourth-order valence-electron chi connectivity index (χ4n) is 3.10. The zero-order chi connectivity index (χ0) is 17.1. The number of nitrogens with one attached hydrogen (secondary N) is 1. The molecule has 1 aliphatic heterocycles. The minimum atomic E-state index is -0.138. The summed E-state index contributed by atoms with van der Waals surface area (Å²) in [6, 6.07) is 5.21. The van der Waals surface area contributed by atoms with Gasteiger partial charge in [-0.3, -0.25) is 9.89 Å². The van der Waals surface area contributed by atoms with E-state index in [2.05, 4.69) is 17.2 Å². The second kappa shape index (κ2) is 7.98. The maximum atomic E-state index is 12.9. The Bertz CT molecular complexity index is 647. The normalized spacial score (nSPS) is 21.5. The van der Waals surface area contributed by atoms with Crippen LogP contribution in [-0.4, -0.2) is 33.9 Å². The Balaban J connectivity index is 1.78. The van der Waals surface area contributed by atoms with E-state index in [-0.39, 0.29) is 12.1 Å². The smallest absolute Gasteiger partial charge is 0.307 e. The molecule has 0 bridgehead atoms. The average molecular weight is 386 g/mol. The van der Waals surface area contributed by atoms with Gasteiger partial charge in [-0.25, -0.2) is 4.79 Å². The number of aliphatic imine (C=N–C) groups is 1. The third kappa shape index (κ3) is 4.19. The molecule has 1 N–H and O–H groups in total. The molecule has 1 atom stereocenters. The van der Waals surface area contributed by atoms with Crippen molar-refractivity contribution >= 4 is 51.8 Å². The molecule has 0 spiro atoms. The molecule has 24 heavy (non-hydrogen) atoms. The van der Waals surface area contributed by atoms with Crippen LogP contribution in [0.3, 0.4) is 0 Å². The molecule has 1 aromatic rings. The molecule has 1 heterocycles. The molecule has 7 heteroatoms. The first-order valence-corrected chi connectivity index (χ1v) is 9.94. The van der Waals surface area contributed by atoms with Crippen LogP contribution >= 0.6 is 35.0 Å². The summed E-state index contributed by atoms with van der Waals surface area (Å²) in [5, 5.41) is 5.11. The number of anilines is 1. The first-order chi connectivity index (χ1) is 11.5. The van der Waals surface area contributed by atoms with Crippen LogP contribution in [0, 0.1) is 0 Å². The summed E-state index contributed by atoms with van der Waals surface area (Å²) in [5.74, 6) is 0. The SMILES string of the molecule is C[C@H]1CN=C(N(C(=O)Nc2ccc(Cl)c(Cl)c2)C2CCCCC2)S1. The Labute approximate surface area is 157 Å². The summed E-state index contributed by atoms with van der Waals surface area (Å²) < 4.78 is 0. The van der Waals surface area contributed by atoms with Crippen LogP contribution < -0.4 is 5.32 Å². The van der Waals surface area contributed by atoms with Crippen molar-refractivity contribution in [3.63, 3.8) is 0 Å². The molecule has 1 fully saturated rings. The van der Waals surface area contributed by atoms with Gasteiger partial charge in [0.1, 0.15) is 0 Å². The van der Waals surface area contributed by atoms with Crippen LogP contribution in [0.1, 0.15) is 39.0 Å². The van der Waals surface area contributed by atoms with Crippen LogP contribution in [-0.2, 0) is 0 Å². The predicted octanol–water partition coefficient (Wildman–Crippen LogP) is 5.65. The highest BCUT2D eigenvalue weighted by molar-refractivity contribution is 8.14. The molecule has 0 saturated heterocycles. The zero-order valence-electron chi connectivity index (χ0n) is 13.6. The van der Waals surface area contributed by atoms with Gasteiger partial charge in [-0.05, 0) is 31.0 Å². The van der Waals surface area contributed by atoms with E-state index in [0.29, 0.717) is 21.0 Å². The summed E-state index contributed by atoms with van der Waals surface area (Å²) in [7, 11) is 0. The third-order valence-corrected chi connectivity index (χ3v) is 6.15. The number of benzene rings is 1. The Kier molecular flexibility index (Phi) is 5.95. The van der Waals surface area contributed by atoms with Crippen molar-refractivity contribution in [1.29, 1.82) is 0 Å². The van der Waals surface area contributed by atoms with Gasteiger partial charge < -0.3 is 5.32 Å². The van der Waals surface area contributed by atoms with E-state index in [1.165, 1.54) is 6.42 Å². The monoisotopic (exact) mass is 385 g/mol. The number of hydrogen-bond acceptors (Lipinski definition) is 3. The predicted molar refractivity (Wildman–Crippen MR) is 104 cm³/mol. The quantitative estimate of drug-likeness (QED) is 0.714. The molecule has 130 valence electrons. The van der Waals surface area contributed by atoms with Crippen molar-refractivity contribution in [3.8, 4) is 0 Å². The number of amides is 2. The lowest BCUT2D eigenvalue weighted by Crippen LogP contribution is -2.46. The van der Waals surface area contributed by atoms with Crippen molar-refractivity contribution in [2.75, 3.05) is 11.9 Å². The number of carbonyl (C=O) groups is 1. The van der Waals surface area contributed by atoms with Gasteiger partial charge in [-0.15, -0.1) is 0 Å². The van der Waals surface area contributed by atoms with Gasteiger partial charge >= 0.3 is 6.03 Å². The fourth-order valence-corrected chi connectivity index (χ4v) is 4.40. The summed E-state index contributed by atoms with van der Waals surface area (Å²) >= 11 is 13.7. The average Bonchev–Trinajstić information content (AvgIpc) is 2.98. The molecule has 1 aromatic carbocycles. The maximum absolute atomic E-state index is 12.9. The van der Waals surface area contributed by atoms with Crippen molar-refractivity contribution in [1.82, 2.24) is 4.90 Å². The van der Waals surface area contributed by atoms with Crippen molar-refractivity contribution in [2.45, 2.75) is 50.3 Å². The molecule has 1 saturated carbocycles. The van der Waals surface area contributed by atoms with Crippen molar-refractivity contribution in [3.05, 3.63) is 28.2 Å². The largest absolute Gasteiger partial charge is 0.328 e. The van der Waals surface area contributed by atoms with Crippen LogP contribution in [0.5, 0.6) is 0 Å². The zero-order valence-corrected chi connectivity index (χ0v) is 15.9. The number of thioether (sulfide) groups is 1. The van der Waals surface area contributed by atoms with Gasteiger partial charge in [0.15, 0.2) is 5.17 Å². The summed E-state index contributed by atoms with van der Waals surface area (Å²) in [5.41, 5.74) is 0.645. The first kappa shape index (κ1) is 17.9. The van der Waals surface area contributed by atoms with E-state index < -0.39 is 0 Å². The fraction of sp³-hybridized carbons (Fsp3) is 0.529. The molecule has 2 aliphatic rings. The lowest BCUT2D eigenvalue weighted by molar-refractivity contribution is 0.209. The van der Waals surface area contributed by atoms with Crippen LogP contribution in [0.15, 0.2) is 23.2 Å². The summed E-state index contributed by atoms with van der Waals surface area (Å²) in [6.45, 7) is 2.90. The van der Waals surface area contributed by atoms with E-state index in [1.54, 1.807) is 30.0 Å². The van der Waals surface area contributed by atoms with E-state index in [9.17, 15) is 4.79 Å². The highest BCUT2D eigenvalue weighted by Crippen LogP contribution is 2.31. The van der Waals surface area contributed by atoms with Gasteiger partial charge in [-0.1, -0.05) is 61.1 Å². The van der Waals surface area contributed by atoms with E-state index in [1.807, 2.05) is 4.90 Å². The number of hydrogen-bond donors (Lipinski definition) is 1. The molecule has 0 radical (unpaired) electrons. The van der Waals surface area contributed by atoms with E-state index >= 15 is 0 Å². The van der Waals surface area contributed by atoms with Gasteiger partial charge in [0, 0.05) is 17.0 Å². The number of halogens is 2. The Hall–Kier alpha value is -0.910. The number of amidine groups is 1. The molecule has 1 aliphatic carbocycles. The highest BCUT2D eigenvalue weighted by Gasteiger charge is 2.32. The van der Waals surface area contributed by atoms with Crippen LogP contribution in [0.4, 0.5) is 10.5 Å². The number of nitrogens with zero attached hydrogens (tertiary/aromatic N) is 2. The molecule has 0 unspecified atom stereocenters. The van der Waals surface area contributed by atoms with Crippen LogP contribution in [0.25, 0.3) is 0 Å². The van der Waals surface area contributed by atoms with Crippen LogP contribution in [0.2, 0.25) is 10.0 Å².